The van der Waals surface area contributed by atoms with Gasteiger partial charge in [0.05, 0.1) is 0 Å². The molecule has 8 nitrogen and oxygen atoms in total. The molecule has 0 spiro atoms. The Morgan fingerprint density at radius 2 is 1.83 bits per heavy atom. The van der Waals surface area contributed by atoms with Crippen molar-refractivity contribution in [2.45, 2.75) is 5.32 Å². The molecule has 0 atom stereocenters. The van der Waals surface area contributed by atoms with Crippen molar-refractivity contribution in [1.82, 2.24) is 0 Å². The fourth-order valence-electron chi connectivity index (χ4n) is 1.68. The van der Waals surface area contributed by atoms with Crippen LogP contribution in [0.2, 0.25) is 5.32 Å². The van der Waals surface area contributed by atoms with E-state index in [0.29, 0.717) is 0 Å². The van der Waals surface area contributed by atoms with E-state index in [1.807, 2.05) is 30.3 Å². The molecule has 0 heterocycles. The van der Waals surface area contributed by atoms with Crippen LogP contribution in [0.25, 0.3) is 0 Å². The maximum atomic E-state index is 11.0. The molecule has 2 aromatic rings. The van der Waals surface area contributed by atoms with Crippen LogP contribution in [0.15, 0.2) is 53.6 Å². The Morgan fingerprint density at radius 1 is 1.09 bits per heavy atom. The van der Waals surface area contributed by atoms with Gasteiger partial charge in [-0.05, 0) is 0 Å². The summed E-state index contributed by atoms with van der Waals surface area (Å²) in [5.41, 5.74) is 1.96. The summed E-state index contributed by atoms with van der Waals surface area (Å²) in [7, 11) is 0. The number of benzene rings is 2. The molecule has 0 saturated carbocycles. The van der Waals surface area contributed by atoms with Crippen molar-refractivity contribution in [3.63, 3.8) is 0 Å². The maximum absolute atomic E-state index is 11.0. The van der Waals surface area contributed by atoms with Crippen LogP contribution < -0.4 is 9.89 Å². The normalized spacial score (nSPS) is 10.6. The molecule has 0 aliphatic carbocycles. The number of non-ortho nitro benzene ring substituents is 1. The van der Waals surface area contributed by atoms with Gasteiger partial charge in [-0.3, -0.25) is 0 Å². The zero-order valence-electron chi connectivity index (χ0n) is 11.8. The van der Waals surface area contributed by atoms with Crippen molar-refractivity contribution in [2.24, 2.45) is 5.10 Å². The summed E-state index contributed by atoms with van der Waals surface area (Å²) in [5.74, 6) is 0. The van der Waals surface area contributed by atoms with Crippen molar-refractivity contribution in [1.29, 1.82) is 0 Å². The summed E-state index contributed by atoms with van der Waals surface area (Å²) in [6, 6.07) is 13.3. The van der Waals surface area contributed by atoms with E-state index in [4.69, 9.17) is 0 Å². The van der Waals surface area contributed by atoms with Crippen LogP contribution in [0.5, 0.6) is 0 Å². The van der Waals surface area contributed by atoms with Crippen molar-refractivity contribution in [2.75, 3.05) is 5.43 Å². The molecule has 0 saturated heterocycles. The van der Waals surface area contributed by atoms with Crippen LogP contribution in [0.1, 0.15) is 0 Å². The Morgan fingerprint density at radius 3 is 2.48 bits per heavy atom. The number of hydrogen-bond acceptors (Lipinski definition) is 6. The third-order valence-electron chi connectivity index (χ3n) is 2.73. The molecule has 0 amide bonds. The van der Waals surface area contributed by atoms with Gasteiger partial charge in [0.2, 0.25) is 0 Å². The molecule has 2 rings (SSSR count). The number of nitro benzene ring substituents is 2. The Kier molecular flexibility index (Phi) is 5.79. The molecule has 0 bridgehead atoms. The summed E-state index contributed by atoms with van der Waals surface area (Å²) in [6.07, 6.45) is 1.64. The number of anilines is 1. The summed E-state index contributed by atoms with van der Waals surface area (Å²) in [4.78, 5) is 20.3. The molecule has 0 unspecified atom stereocenters. The van der Waals surface area contributed by atoms with Gasteiger partial charge in [0.25, 0.3) is 0 Å². The monoisotopic (exact) mass is 380 g/mol. The molecule has 0 fully saturated rings. The zero-order chi connectivity index (χ0) is 16.7. The van der Waals surface area contributed by atoms with Crippen LogP contribution in [-0.2, 0) is 0 Å². The van der Waals surface area contributed by atoms with E-state index in [2.05, 4.69) is 10.5 Å². The first kappa shape index (κ1) is 16.6. The number of hydrogen-bond donors (Lipinski definition) is 1. The summed E-state index contributed by atoms with van der Waals surface area (Å²) in [6.45, 7) is 0. The average Bonchev–Trinajstić information content (AvgIpc) is 2.55. The van der Waals surface area contributed by atoms with Gasteiger partial charge in [-0.2, -0.15) is 0 Å². The van der Waals surface area contributed by atoms with Gasteiger partial charge in [-0.25, -0.2) is 0 Å². The average molecular weight is 379 g/mol. The van der Waals surface area contributed by atoms with Gasteiger partial charge in [0.15, 0.2) is 0 Å². The third-order valence-corrected chi connectivity index (χ3v) is 4.67. The SMILES string of the molecule is O=[N+]([O-])c1ccc(NN=CC[Se]c2ccccc2)c([N+](=O)[O-])c1. The van der Waals surface area contributed by atoms with Gasteiger partial charge in [0.1, 0.15) is 0 Å². The van der Waals surface area contributed by atoms with Crippen molar-refractivity contribution >= 4 is 42.7 Å². The first-order chi connectivity index (χ1) is 11.1. The van der Waals surface area contributed by atoms with E-state index in [9.17, 15) is 20.2 Å². The molecule has 0 aliphatic heterocycles. The molecule has 118 valence electrons. The Labute approximate surface area is 137 Å². The third kappa shape index (κ3) is 4.87. The fourth-order valence-corrected chi connectivity index (χ4v) is 3.13. The van der Waals surface area contributed by atoms with Crippen LogP contribution in [-0.4, -0.2) is 31.0 Å². The molecule has 9 heteroatoms. The minimum absolute atomic E-state index is 0.115. The van der Waals surface area contributed by atoms with Crippen LogP contribution in [0.4, 0.5) is 17.1 Å². The van der Waals surface area contributed by atoms with Gasteiger partial charge >= 0.3 is 137 Å². The van der Waals surface area contributed by atoms with Crippen molar-refractivity contribution < 1.29 is 9.85 Å². The van der Waals surface area contributed by atoms with Gasteiger partial charge < -0.3 is 0 Å². The summed E-state index contributed by atoms with van der Waals surface area (Å²) < 4.78 is 1.23. The number of nitro groups is 2. The Hall–Kier alpha value is -2.77. The van der Waals surface area contributed by atoms with Crippen molar-refractivity contribution in [3.8, 4) is 0 Å². The van der Waals surface area contributed by atoms with Gasteiger partial charge in [-0.15, -0.1) is 0 Å². The molecule has 2 aromatic carbocycles. The minimum atomic E-state index is -0.682. The van der Waals surface area contributed by atoms with Gasteiger partial charge in [0, 0.05) is 0 Å². The number of rotatable bonds is 7. The number of nitrogens with one attached hydrogen (secondary N) is 1. The second-order valence-corrected chi connectivity index (χ2v) is 6.56. The second-order valence-electron chi connectivity index (χ2n) is 4.26. The van der Waals surface area contributed by atoms with E-state index in [0.717, 1.165) is 11.4 Å². The fraction of sp³-hybridized carbons (Fsp3) is 0.0714. The quantitative estimate of drug-likeness (QED) is 0.344. The van der Waals surface area contributed by atoms with Crippen LogP contribution in [0.3, 0.4) is 0 Å². The van der Waals surface area contributed by atoms with Crippen molar-refractivity contribution in [3.05, 3.63) is 68.8 Å². The van der Waals surface area contributed by atoms with E-state index in [1.54, 1.807) is 6.21 Å². The topological polar surface area (TPSA) is 111 Å². The summed E-state index contributed by atoms with van der Waals surface area (Å²) in [5, 5.41) is 26.3. The van der Waals surface area contributed by atoms with Crippen LogP contribution in [0, 0.1) is 20.2 Å². The molecule has 0 radical (unpaired) electrons. The second kappa shape index (κ2) is 8.02. The standard InChI is InChI=1S/C14H12N4O4Se/c19-17(20)11-6-7-13(14(10-11)18(21)22)16-15-8-9-23-12-4-2-1-3-5-12/h1-8,10,16H,9H2. The molecule has 0 aliphatic rings. The first-order valence-electron chi connectivity index (χ1n) is 6.46. The molecular formula is C14H12N4O4Se. The predicted molar refractivity (Wildman–Crippen MR) is 88.5 cm³/mol. The molecule has 0 aromatic heterocycles. The predicted octanol–water partition coefficient (Wildman–Crippen LogP) is 2.35. The Balaban J connectivity index is 1.98. The number of nitrogens with zero attached hydrogens (tertiary/aromatic N) is 3. The van der Waals surface area contributed by atoms with E-state index in [1.165, 1.54) is 16.6 Å². The van der Waals surface area contributed by atoms with E-state index in [-0.39, 0.29) is 32.0 Å². The van der Waals surface area contributed by atoms with Crippen LogP contribution >= 0.6 is 0 Å². The van der Waals surface area contributed by atoms with E-state index >= 15 is 0 Å². The molecule has 23 heavy (non-hydrogen) atoms. The molecule has 1 N–H and O–H groups in total. The Bertz CT molecular complexity index is 737. The van der Waals surface area contributed by atoms with Gasteiger partial charge in [-0.1, -0.05) is 0 Å². The first-order valence-corrected chi connectivity index (χ1v) is 8.53. The summed E-state index contributed by atoms with van der Waals surface area (Å²) >= 11 is 0.230. The zero-order valence-corrected chi connectivity index (χ0v) is 13.5. The number of hydrazone groups is 1. The van der Waals surface area contributed by atoms with E-state index < -0.39 is 9.85 Å². The molecular weight excluding hydrogens is 367 g/mol.